The van der Waals surface area contributed by atoms with Crippen LogP contribution in [0.15, 0.2) is 12.4 Å². The molecule has 1 aliphatic rings. The predicted octanol–water partition coefficient (Wildman–Crippen LogP) is 2.99. The maximum absolute atomic E-state index is 12.4. The van der Waals surface area contributed by atoms with E-state index in [1.54, 1.807) is 0 Å². The fourth-order valence-electron chi connectivity index (χ4n) is 2.99. The third-order valence-electron chi connectivity index (χ3n) is 4.40. The number of hydrogen-bond donors (Lipinski definition) is 1. The SMILES string of the molecule is COc1nc(Nc2cn(C3CCN(CCF)CC3)nc2C)ncc1Cl. The van der Waals surface area contributed by atoms with Crippen LogP contribution in [0.1, 0.15) is 24.6 Å². The number of anilines is 2. The van der Waals surface area contributed by atoms with Gasteiger partial charge in [-0.2, -0.15) is 10.1 Å². The van der Waals surface area contributed by atoms with Crippen LogP contribution in [0, 0.1) is 6.92 Å². The smallest absolute Gasteiger partial charge is 0.237 e. The molecule has 3 heterocycles. The standard InChI is InChI=1S/C16H22ClFN6O/c1-11-14(20-16-19-9-13(17)15(21-16)25-2)10-24(22-11)12-3-6-23(7-4-12)8-5-18/h9-10,12H,3-8H2,1-2H3,(H,19,20,21). The maximum Gasteiger partial charge on any atom is 0.237 e. The van der Waals surface area contributed by atoms with E-state index in [0.717, 1.165) is 37.3 Å². The Morgan fingerprint density at radius 1 is 1.40 bits per heavy atom. The number of piperidine rings is 1. The van der Waals surface area contributed by atoms with E-state index in [0.29, 0.717) is 29.4 Å². The normalized spacial score (nSPS) is 16.2. The number of nitrogens with zero attached hydrogens (tertiary/aromatic N) is 5. The van der Waals surface area contributed by atoms with Gasteiger partial charge < -0.3 is 15.0 Å². The third kappa shape index (κ3) is 4.19. The van der Waals surface area contributed by atoms with Gasteiger partial charge in [-0.25, -0.2) is 9.37 Å². The van der Waals surface area contributed by atoms with Crippen molar-refractivity contribution in [2.45, 2.75) is 25.8 Å². The number of ether oxygens (including phenoxy) is 1. The molecule has 1 fully saturated rings. The van der Waals surface area contributed by atoms with E-state index in [-0.39, 0.29) is 6.67 Å². The summed E-state index contributed by atoms with van der Waals surface area (Å²) in [6, 6.07) is 0.325. The van der Waals surface area contributed by atoms with Crippen molar-refractivity contribution in [2.24, 2.45) is 0 Å². The number of halogens is 2. The summed E-state index contributed by atoms with van der Waals surface area (Å²) in [7, 11) is 1.51. The molecule has 0 aromatic carbocycles. The van der Waals surface area contributed by atoms with Gasteiger partial charge in [-0.05, 0) is 19.8 Å². The molecule has 2 aromatic heterocycles. The first kappa shape index (κ1) is 17.9. The predicted molar refractivity (Wildman–Crippen MR) is 94.5 cm³/mol. The molecule has 0 bridgehead atoms. The summed E-state index contributed by atoms with van der Waals surface area (Å²) in [5.41, 5.74) is 1.71. The molecule has 9 heteroatoms. The van der Waals surface area contributed by atoms with E-state index in [2.05, 4.69) is 25.3 Å². The van der Waals surface area contributed by atoms with Crippen LogP contribution < -0.4 is 10.1 Å². The van der Waals surface area contributed by atoms with Crippen LogP contribution in [0.2, 0.25) is 5.02 Å². The monoisotopic (exact) mass is 368 g/mol. The third-order valence-corrected chi connectivity index (χ3v) is 4.66. The van der Waals surface area contributed by atoms with Gasteiger partial charge in [0.25, 0.3) is 0 Å². The zero-order valence-electron chi connectivity index (χ0n) is 14.4. The molecule has 136 valence electrons. The molecule has 0 amide bonds. The summed E-state index contributed by atoms with van der Waals surface area (Å²) < 4.78 is 19.5. The van der Waals surface area contributed by atoms with Crippen molar-refractivity contribution < 1.29 is 9.13 Å². The Morgan fingerprint density at radius 3 is 2.84 bits per heavy atom. The van der Waals surface area contributed by atoms with Crippen molar-refractivity contribution >= 4 is 23.2 Å². The minimum atomic E-state index is -0.288. The fourth-order valence-corrected chi connectivity index (χ4v) is 3.16. The highest BCUT2D eigenvalue weighted by Gasteiger charge is 2.22. The second-order valence-electron chi connectivity index (χ2n) is 6.05. The number of rotatable bonds is 6. The highest BCUT2D eigenvalue weighted by Crippen LogP contribution is 2.27. The van der Waals surface area contributed by atoms with E-state index in [1.165, 1.54) is 13.3 Å². The number of methoxy groups -OCH3 is 1. The first-order chi connectivity index (χ1) is 12.1. The highest BCUT2D eigenvalue weighted by molar-refractivity contribution is 6.31. The van der Waals surface area contributed by atoms with Crippen molar-refractivity contribution in [1.82, 2.24) is 24.6 Å². The number of nitrogens with one attached hydrogen (secondary N) is 1. The van der Waals surface area contributed by atoms with Crippen molar-refractivity contribution in [3.63, 3.8) is 0 Å². The Bertz CT molecular complexity index is 717. The van der Waals surface area contributed by atoms with Crippen LogP contribution in [-0.4, -0.2) is 58.1 Å². The Morgan fingerprint density at radius 2 is 2.16 bits per heavy atom. The first-order valence-corrected chi connectivity index (χ1v) is 8.66. The van der Waals surface area contributed by atoms with Gasteiger partial charge in [-0.3, -0.25) is 4.68 Å². The van der Waals surface area contributed by atoms with Crippen LogP contribution in [0.4, 0.5) is 16.0 Å². The summed E-state index contributed by atoms with van der Waals surface area (Å²) in [5, 5.41) is 8.13. The average Bonchev–Trinajstić information content (AvgIpc) is 2.98. The molecule has 0 saturated carbocycles. The van der Waals surface area contributed by atoms with Gasteiger partial charge in [0.15, 0.2) is 0 Å². The summed E-state index contributed by atoms with van der Waals surface area (Å²) in [6.45, 7) is 3.96. The fraction of sp³-hybridized carbons (Fsp3) is 0.562. The molecule has 1 saturated heterocycles. The largest absolute Gasteiger partial charge is 0.480 e. The summed E-state index contributed by atoms with van der Waals surface area (Å²) in [5.74, 6) is 0.728. The average molecular weight is 369 g/mol. The zero-order valence-corrected chi connectivity index (χ0v) is 15.1. The number of hydrogen-bond acceptors (Lipinski definition) is 6. The van der Waals surface area contributed by atoms with Gasteiger partial charge in [-0.15, -0.1) is 0 Å². The van der Waals surface area contributed by atoms with E-state index >= 15 is 0 Å². The van der Waals surface area contributed by atoms with E-state index in [9.17, 15) is 4.39 Å². The lowest BCUT2D eigenvalue weighted by Crippen LogP contribution is -2.36. The quantitative estimate of drug-likeness (QED) is 0.845. The molecule has 1 aliphatic heterocycles. The summed E-state index contributed by atoms with van der Waals surface area (Å²) in [6.07, 6.45) is 5.39. The van der Waals surface area contributed by atoms with Crippen molar-refractivity contribution in [2.75, 3.05) is 38.7 Å². The molecule has 3 rings (SSSR count). The molecule has 25 heavy (non-hydrogen) atoms. The zero-order chi connectivity index (χ0) is 17.8. The Labute approximate surface area is 151 Å². The van der Waals surface area contributed by atoms with E-state index < -0.39 is 0 Å². The molecule has 2 aromatic rings. The first-order valence-electron chi connectivity index (χ1n) is 8.28. The van der Waals surface area contributed by atoms with Gasteiger partial charge in [0.05, 0.1) is 30.7 Å². The Balaban J connectivity index is 1.69. The van der Waals surface area contributed by atoms with Crippen molar-refractivity contribution in [3.8, 4) is 5.88 Å². The van der Waals surface area contributed by atoms with Gasteiger partial charge >= 0.3 is 0 Å². The minimum absolute atomic E-state index is 0.288. The van der Waals surface area contributed by atoms with Crippen LogP contribution >= 0.6 is 11.6 Å². The maximum atomic E-state index is 12.4. The van der Waals surface area contributed by atoms with Crippen LogP contribution in [0.25, 0.3) is 0 Å². The topological polar surface area (TPSA) is 68.1 Å². The second kappa shape index (κ2) is 7.97. The molecule has 7 nitrogen and oxygen atoms in total. The molecular formula is C16H22ClFN6O. The molecule has 0 atom stereocenters. The van der Waals surface area contributed by atoms with E-state index in [4.69, 9.17) is 16.3 Å². The Hall–Kier alpha value is -1.93. The molecule has 0 radical (unpaired) electrons. The molecule has 0 aliphatic carbocycles. The van der Waals surface area contributed by atoms with Crippen molar-refractivity contribution in [1.29, 1.82) is 0 Å². The number of likely N-dealkylation sites (tertiary alicyclic amines) is 1. The van der Waals surface area contributed by atoms with Gasteiger partial charge in [-0.1, -0.05) is 11.6 Å². The lowest BCUT2D eigenvalue weighted by molar-refractivity contribution is 0.169. The van der Waals surface area contributed by atoms with Gasteiger partial charge in [0, 0.05) is 25.8 Å². The highest BCUT2D eigenvalue weighted by atomic mass is 35.5. The van der Waals surface area contributed by atoms with Crippen LogP contribution in [0.5, 0.6) is 5.88 Å². The van der Waals surface area contributed by atoms with Crippen molar-refractivity contribution in [3.05, 3.63) is 23.1 Å². The molecule has 0 spiro atoms. The Kier molecular flexibility index (Phi) is 5.70. The minimum Gasteiger partial charge on any atom is -0.480 e. The second-order valence-corrected chi connectivity index (χ2v) is 6.45. The van der Waals surface area contributed by atoms with E-state index in [1.807, 2.05) is 17.8 Å². The van der Waals surface area contributed by atoms with Crippen LogP contribution in [0.3, 0.4) is 0 Å². The van der Waals surface area contributed by atoms with Gasteiger partial charge in [0.1, 0.15) is 11.7 Å². The number of alkyl halides is 1. The number of aryl methyl sites for hydroxylation is 1. The molecular weight excluding hydrogens is 347 g/mol. The summed E-state index contributed by atoms with van der Waals surface area (Å²) in [4.78, 5) is 10.5. The molecule has 1 N–H and O–H groups in total. The summed E-state index contributed by atoms with van der Waals surface area (Å²) >= 11 is 5.95. The number of aromatic nitrogens is 4. The van der Waals surface area contributed by atoms with Gasteiger partial charge in [0.2, 0.25) is 11.8 Å². The lowest BCUT2D eigenvalue weighted by Gasteiger charge is -2.31. The lowest BCUT2D eigenvalue weighted by atomic mass is 10.1. The molecule has 0 unspecified atom stereocenters. The van der Waals surface area contributed by atoms with Crippen LogP contribution in [-0.2, 0) is 0 Å².